The van der Waals surface area contributed by atoms with Crippen molar-refractivity contribution in [1.82, 2.24) is 9.71 Å². The molecule has 0 aromatic carbocycles. The summed E-state index contributed by atoms with van der Waals surface area (Å²) in [5.41, 5.74) is 0.205. The second-order valence-corrected chi connectivity index (χ2v) is 7.46. The second kappa shape index (κ2) is 5.85. The van der Waals surface area contributed by atoms with Gasteiger partial charge in [0.2, 0.25) is 0 Å². The van der Waals surface area contributed by atoms with Crippen molar-refractivity contribution < 1.29 is 18.3 Å². The molecule has 0 aliphatic heterocycles. The van der Waals surface area contributed by atoms with Gasteiger partial charge in [-0.1, -0.05) is 25.2 Å². The van der Waals surface area contributed by atoms with E-state index >= 15 is 0 Å². The van der Waals surface area contributed by atoms with Gasteiger partial charge in [0.15, 0.2) is 4.21 Å². The van der Waals surface area contributed by atoms with Crippen LogP contribution in [0.3, 0.4) is 0 Å². The third-order valence-electron chi connectivity index (χ3n) is 2.33. The summed E-state index contributed by atoms with van der Waals surface area (Å²) < 4.78 is 26.0. The van der Waals surface area contributed by atoms with Crippen LogP contribution in [0, 0.1) is 12.8 Å². The van der Waals surface area contributed by atoms with Crippen molar-refractivity contribution in [2.75, 3.05) is 0 Å². The van der Waals surface area contributed by atoms with Crippen molar-refractivity contribution >= 4 is 27.3 Å². The first-order valence-electron chi connectivity index (χ1n) is 5.58. The van der Waals surface area contributed by atoms with Crippen LogP contribution in [0.25, 0.3) is 0 Å². The normalized spacial score (nSPS) is 13.7. The highest BCUT2D eigenvalue weighted by atomic mass is 32.2. The number of aliphatic carboxylic acids is 1. The summed E-state index contributed by atoms with van der Waals surface area (Å²) in [7, 11) is -4.00. The highest BCUT2D eigenvalue weighted by Crippen LogP contribution is 2.17. The minimum absolute atomic E-state index is 0.0230. The molecule has 1 aromatic heterocycles. The minimum Gasteiger partial charge on any atom is -0.480 e. The zero-order valence-electron chi connectivity index (χ0n) is 10.8. The number of carboxylic acids is 1. The van der Waals surface area contributed by atoms with Gasteiger partial charge in [-0.2, -0.15) is 4.72 Å². The summed E-state index contributed by atoms with van der Waals surface area (Å²) in [5, 5.41) is 9.01. The molecular weight excluding hydrogens is 292 g/mol. The van der Waals surface area contributed by atoms with Gasteiger partial charge in [0.05, 0.1) is 0 Å². The Morgan fingerprint density at radius 1 is 1.47 bits per heavy atom. The molecule has 19 heavy (non-hydrogen) atoms. The van der Waals surface area contributed by atoms with E-state index in [1.54, 1.807) is 13.8 Å². The van der Waals surface area contributed by atoms with E-state index in [1.165, 1.54) is 6.92 Å². The maximum Gasteiger partial charge on any atom is 0.321 e. The fourth-order valence-corrected chi connectivity index (χ4v) is 4.08. The number of nitrogens with one attached hydrogen (secondary N) is 2. The number of H-pyrrole nitrogens is 1. The van der Waals surface area contributed by atoms with E-state index in [1.807, 2.05) is 0 Å². The van der Waals surface area contributed by atoms with Crippen LogP contribution in [0.1, 0.15) is 26.0 Å². The lowest BCUT2D eigenvalue weighted by Crippen LogP contribution is -2.41. The first kappa shape index (κ1) is 15.9. The smallest absolute Gasteiger partial charge is 0.321 e. The fraction of sp³-hybridized carbons (Fsp3) is 0.600. The SMILES string of the molecule is Cc1[nH]c(=O)sc1S(=O)(=O)N[C@H](CC(C)C)C(=O)O. The van der Waals surface area contributed by atoms with Crippen LogP contribution in [0.5, 0.6) is 0 Å². The molecule has 0 bridgehead atoms. The predicted octanol–water partition coefficient (Wildman–Crippen LogP) is 0.522. The van der Waals surface area contributed by atoms with Crippen LogP contribution < -0.4 is 9.60 Å². The van der Waals surface area contributed by atoms with Crippen LogP contribution >= 0.6 is 11.3 Å². The number of aromatic nitrogens is 1. The molecule has 1 rings (SSSR count). The number of carbonyl (C=O) groups is 1. The molecule has 1 aromatic rings. The summed E-state index contributed by atoms with van der Waals surface area (Å²) in [6.45, 7) is 5.04. The van der Waals surface area contributed by atoms with Crippen molar-refractivity contribution in [3.63, 3.8) is 0 Å². The van der Waals surface area contributed by atoms with Gasteiger partial charge < -0.3 is 10.1 Å². The molecule has 0 radical (unpaired) electrons. The van der Waals surface area contributed by atoms with Gasteiger partial charge in [0.25, 0.3) is 10.0 Å². The van der Waals surface area contributed by atoms with Crippen LogP contribution in [-0.2, 0) is 14.8 Å². The first-order chi connectivity index (χ1) is 8.63. The Balaban J connectivity index is 3.04. The van der Waals surface area contributed by atoms with Gasteiger partial charge >= 0.3 is 10.8 Å². The van der Waals surface area contributed by atoms with Gasteiger partial charge in [-0.3, -0.25) is 9.59 Å². The molecule has 0 spiro atoms. The number of rotatable bonds is 6. The predicted molar refractivity (Wildman–Crippen MR) is 70.9 cm³/mol. The molecule has 108 valence electrons. The summed E-state index contributed by atoms with van der Waals surface area (Å²) in [6, 6.07) is -1.21. The van der Waals surface area contributed by atoms with Gasteiger partial charge in [0, 0.05) is 5.69 Å². The molecule has 1 heterocycles. The highest BCUT2D eigenvalue weighted by Gasteiger charge is 2.28. The molecule has 0 aliphatic carbocycles. The maximum absolute atomic E-state index is 12.0. The summed E-state index contributed by atoms with van der Waals surface area (Å²) in [5.74, 6) is -1.22. The van der Waals surface area contributed by atoms with E-state index in [9.17, 15) is 18.0 Å². The van der Waals surface area contributed by atoms with Crippen LogP contribution in [0.2, 0.25) is 0 Å². The summed E-state index contributed by atoms with van der Waals surface area (Å²) in [4.78, 5) is 24.0. The van der Waals surface area contributed by atoms with E-state index in [2.05, 4.69) is 9.71 Å². The van der Waals surface area contributed by atoms with E-state index in [-0.39, 0.29) is 22.2 Å². The molecule has 7 nitrogen and oxygen atoms in total. The van der Waals surface area contributed by atoms with Crippen LogP contribution in [0.4, 0.5) is 0 Å². The summed E-state index contributed by atoms with van der Waals surface area (Å²) >= 11 is 0.539. The highest BCUT2D eigenvalue weighted by molar-refractivity contribution is 7.91. The van der Waals surface area contributed by atoms with E-state index in [0.29, 0.717) is 11.3 Å². The quantitative estimate of drug-likeness (QED) is 0.708. The largest absolute Gasteiger partial charge is 0.480 e. The monoisotopic (exact) mass is 308 g/mol. The van der Waals surface area contributed by atoms with Crippen molar-refractivity contribution in [3.05, 3.63) is 15.4 Å². The zero-order valence-corrected chi connectivity index (χ0v) is 12.4. The van der Waals surface area contributed by atoms with Crippen molar-refractivity contribution in [2.24, 2.45) is 5.92 Å². The molecular formula is C10H16N2O5S2. The van der Waals surface area contributed by atoms with Crippen molar-refractivity contribution in [2.45, 2.75) is 37.4 Å². The third-order valence-corrected chi connectivity index (χ3v) is 5.40. The lowest BCUT2D eigenvalue weighted by molar-refractivity contribution is -0.139. The van der Waals surface area contributed by atoms with Crippen molar-refractivity contribution in [1.29, 1.82) is 0 Å². The average Bonchev–Trinajstić information content (AvgIpc) is 2.56. The molecule has 0 saturated heterocycles. The number of sulfonamides is 1. The Labute approximate surface area is 114 Å². The molecule has 9 heteroatoms. The van der Waals surface area contributed by atoms with E-state index in [4.69, 9.17) is 5.11 Å². The zero-order chi connectivity index (χ0) is 14.8. The first-order valence-corrected chi connectivity index (χ1v) is 7.88. The van der Waals surface area contributed by atoms with Gasteiger partial charge in [0.1, 0.15) is 6.04 Å². The molecule has 0 aliphatic rings. The van der Waals surface area contributed by atoms with Gasteiger partial charge in [-0.25, -0.2) is 8.42 Å². The standard InChI is InChI=1S/C10H16N2O5S2/c1-5(2)4-7(8(13)14)12-19(16,17)9-6(3)11-10(15)18-9/h5,7,12H,4H2,1-3H3,(H,11,15)(H,13,14)/t7-/m1/s1. The van der Waals surface area contributed by atoms with Crippen LogP contribution in [-0.4, -0.2) is 30.5 Å². The molecule has 1 atom stereocenters. The van der Waals surface area contributed by atoms with E-state index in [0.717, 1.165) is 0 Å². The van der Waals surface area contributed by atoms with Gasteiger partial charge in [-0.05, 0) is 19.3 Å². The van der Waals surface area contributed by atoms with E-state index < -0.39 is 26.9 Å². The number of aryl methyl sites for hydroxylation is 1. The number of hydrogen-bond donors (Lipinski definition) is 3. The Hall–Kier alpha value is -1.19. The van der Waals surface area contributed by atoms with Crippen LogP contribution in [0.15, 0.2) is 9.00 Å². The Kier molecular flexibility index (Phi) is 4.88. The molecule has 3 N–H and O–H groups in total. The number of hydrogen-bond acceptors (Lipinski definition) is 5. The summed E-state index contributed by atoms with van der Waals surface area (Å²) in [6.07, 6.45) is 0.174. The molecule has 0 saturated carbocycles. The number of carboxylic acid groups (broad SMARTS) is 1. The Morgan fingerprint density at radius 2 is 2.05 bits per heavy atom. The average molecular weight is 308 g/mol. The lowest BCUT2D eigenvalue weighted by atomic mass is 10.1. The Bertz CT molecular complexity index is 614. The van der Waals surface area contributed by atoms with Gasteiger partial charge in [-0.15, -0.1) is 0 Å². The number of aromatic amines is 1. The van der Waals surface area contributed by atoms with Crippen molar-refractivity contribution in [3.8, 4) is 0 Å². The molecule has 0 amide bonds. The topological polar surface area (TPSA) is 116 Å². The minimum atomic E-state index is -4.00. The Morgan fingerprint density at radius 3 is 2.42 bits per heavy atom. The number of thiazole rings is 1. The molecule has 0 fully saturated rings. The fourth-order valence-electron chi connectivity index (χ4n) is 1.56. The second-order valence-electron chi connectivity index (χ2n) is 4.57. The third kappa shape index (κ3) is 4.15. The molecule has 0 unspecified atom stereocenters. The maximum atomic E-state index is 12.0. The lowest BCUT2D eigenvalue weighted by Gasteiger charge is -2.16.